The number of anilines is 1. The number of benzene rings is 3. The lowest BCUT2D eigenvalue weighted by molar-refractivity contribution is -0.127. The first-order valence-electron chi connectivity index (χ1n) is 11.4. The highest BCUT2D eigenvalue weighted by Gasteiger charge is 2.36. The summed E-state index contributed by atoms with van der Waals surface area (Å²) in [7, 11) is 1.52. The molecule has 37 heavy (non-hydrogen) atoms. The molecule has 1 aliphatic rings. The summed E-state index contributed by atoms with van der Waals surface area (Å²) in [4.78, 5) is 39.2. The van der Waals surface area contributed by atoms with Crippen LogP contribution in [0.3, 0.4) is 0 Å². The number of carbonyl (C=O) groups is 3. The molecule has 0 aromatic heterocycles. The SMILES string of the molecule is COc1cc(/C=C2/SC(=O)N(CC(=O)Nc3c(C)cccc3C)C2=O)ccc1OCc1ccccc1Cl. The van der Waals surface area contributed by atoms with E-state index in [1.165, 1.54) is 7.11 Å². The molecule has 1 N–H and O–H groups in total. The summed E-state index contributed by atoms with van der Waals surface area (Å²) in [6, 6.07) is 18.3. The molecule has 0 spiro atoms. The molecule has 3 amide bonds. The highest BCUT2D eigenvalue weighted by Crippen LogP contribution is 2.35. The Hall–Kier alpha value is -3.75. The second-order valence-corrected chi connectivity index (χ2v) is 9.77. The molecule has 1 heterocycles. The number of hydrogen-bond donors (Lipinski definition) is 1. The Bertz CT molecular complexity index is 1380. The van der Waals surface area contributed by atoms with E-state index in [-0.39, 0.29) is 18.1 Å². The summed E-state index contributed by atoms with van der Waals surface area (Å²) < 4.78 is 11.3. The number of thioether (sulfide) groups is 1. The number of aryl methyl sites for hydroxylation is 2. The van der Waals surface area contributed by atoms with Crippen molar-refractivity contribution in [1.29, 1.82) is 0 Å². The molecule has 3 aromatic rings. The van der Waals surface area contributed by atoms with Crippen LogP contribution in [-0.2, 0) is 16.2 Å². The van der Waals surface area contributed by atoms with Crippen LogP contribution in [0.4, 0.5) is 10.5 Å². The number of amides is 3. The minimum atomic E-state index is -0.523. The summed E-state index contributed by atoms with van der Waals surface area (Å²) in [5, 5.41) is 2.91. The number of hydrogen-bond acceptors (Lipinski definition) is 6. The van der Waals surface area contributed by atoms with Crippen LogP contribution in [0.1, 0.15) is 22.3 Å². The van der Waals surface area contributed by atoms with E-state index < -0.39 is 17.1 Å². The van der Waals surface area contributed by atoms with Gasteiger partial charge in [0, 0.05) is 16.3 Å². The summed E-state index contributed by atoms with van der Waals surface area (Å²) >= 11 is 6.99. The first-order valence-corrected chi connectivity index (χ1v) is 12.6. The number of nitrogens with one attached hydrogen (secondary N) is 1. The summed E-state index contributed by atoms with van der Waals surface area (Å²) in [6.07, 6.45) is 1.59. The smallest absolute Gasteiger partial charge is 0.294 e. The molecule has 0 unspecified atom stereocenters. The lowest BCUT2D eigenvalue weighted by Gasteiger charge is -2.15. The van der Waals surface area contributed by atoms with Crippen LogP contribution >= 0.6 is 23.4 Å². The molecule has 1 fully saturated rings. The molecule has 9 heteroatoms. The third-order valence-corrected chi connectivity index (χ3v) is 7.02. The van der Waals surface area contributed by atoms with E-state index in [2.05, 4.69) is 5.32 Å². The van der Waals surface area contributed by atoms with Gasteiger partial charge in [-0.25, -0.2) is 0 Å². The molecule has 3 aromatic carbocycles. The van der Waals surface area contributed by atoms with E-state index in [4.69, 9.17) is 21.1 Å². The molecule has 0 saturated carbocycles. The molecule has 0 atom stereocenters. The fourth-order valence-electron chi connectivity index (χ4n) is 3.79. The maximum atomic E-state index is 12.9. The van der Waals surface area contributed by atoms with Crippen LogP contribution in [0.15, 0.2) is 65.6 Å². The Morgan fingerprint density at radius 3 is 2.46 bits per heavy atom. The van der Waals surface area contributed by atoms with Crippen molar-refractivity contribution in [2.24, 2.45) is 0 Å². The third kappa shape index (κ3) is 6.15. The fourth-order valence-corrected chi connectivity index (χ4v) is 4.81. The number of imide groups is 1. The van der Waals surface area contributed by atoms with Crippen LogP contribution in [0.25, 0.3) is 6.08 Å². The van der Waals surface area contributed by atoms with Gasteiger partial charge in [-0.05, 0) is 66.6 Å². The molecule has 1 aliphatic heterocycles. The van der Waals surface area contributed by atoms with Crippen molar-refractivity contribution in [3.63, 3.8) is 0 Å². The second-order valence-electron chi connectivity index (χ2n) is 8.37. The van der Waals surface area contributed by atoms with Gasteiger partial charge in [0.25, 0.3) is 11.1 Å². The van der Waals surface area contributed by atoms with Crippen molar-refractivity contribution in [1.82, 2.24) is 4.90 Å². The van der Waals surface area contributed by atoms with Crippen molar-refractivity contribution in [3.05, 3.63) is 92.8 Å². The van der Waals surface area contributed by atoms with E-state index in [1.807, 2.05) is 50.2 Å². The number of halogens is 1. The first-order chi connectivity index (χ1) is 17.8. The number of rotatable bonds is 8. The van der Waals surface area contributed by atoms with Crippen molar-refractivity contribution in [2.45, 2.75) is 20.5 Å². The van der Waals surface area contributed by atoms with Crippen LogP contribution in [-0.4, -0.2) is 35.6 Å². The summed E-state index contributed by atoms with van der Waals surface area (Å²) in [6.45, 7) is 3.66. The van der Waals surface area contributed by atoms with Gasteiger partial charge in [0.15, 0.2) is 11.5 Å². The van der Waals surface area contributed by atoms with E-state index in [0.717, 1.165) is 33.4 Å². The van der Waals surface area contributed by atoms with Gasteiger partial charge in [-0.2, -0.15) is 0 Å². The van der Waals surface area contributed by atoms with E-state index in [0.29, 0.717) is 27.8 Å². The normalized spacial score (nSPS) is 14.3. The average Bonchev–Trinajstić information content (AvgIpc) is 3.13. The number of carbonyl (C=O) groups excluding carboxylic acids is 3. The zero-order valence-electron chi connectivity index (χ0n) is 20.5. The Kier molecular flexibility index (Phi) is 8.21. The Labute approximate surface area is 224 Å². The van der Waals surface area contributed by atoms with Gasteiger partial charge in [0.2, 0.25) is 5.91 Å². The van der Waals surface area contributed by atoms with E-state index in [9.17, 15) is 14.4 Å². The lowest BCUT2D eigenvalue weighted by atomic mass is 10.1. The van der Waals surface area contributed by atoms with Gasteiger partial charge in [0.1, 0.15) is 13.2 Å². The molecule has 0 aliphatic carbocycles. The predicted molar refractivity (Wildman–Crippen MR) is 146 cm³/mol. The summed E-state index contributed by atoms with van der Waals surface area (Å²) in [5.41, 5.74) is 3.96. The van der Waals surface area contributed by atoms with Gasteiger partial charge in [-0.1, -0.05) is 54.1 Å². The van der Waals surface area contributed by atoms with Crippen molar-refractivity contribution >= 4 is 52.2 Å². The largest absolute Gasteiger partial charge is 0.493 e. The molecular weight excluding hydrogens is 512 g/mol. The zero-order valence-corrected chi connectivity index (χ0v) is 22.1. The topological polar surface area (TPSA) is 84.9 Å². The van der Waals surface area contributed by atoms with Gasteiger partial charge >= 0.3 is 0 Å². The van der Waals surface area contributed by atoms with Crippen LogP contribution < -0.4 is 14.8 Å². The molecule has 4 rings (SSSR count). The molecule has 1 saturated heterocycles. The highest BCUT2D eigenvalue weighted by atomic mass is 35.5. The Balaban J connectivity index is 1.45. The Morgan fingerprint density at radius 1 is 1.03 bits per heavy atom. The van der Waals surface area contributed by atoms with Crippen molar-refractivity contribution < 1.29 is 23.9 Å². The average molecular weight is 537 g/mol. The predicted octanol–water partition coefficient (Wildman–Crippen LogP) is 6.22. The monoisotopic (exact) mass is 536 g/mol. The van der Waals surface area contributed by atoms with Crippen LogP contribution in [0.5, 0.6) is 11.5 Å². The highest BCUT2D eigenvalue weighted by molar-refractivity contribution is 8.18. The number of para-hydroxylation sites is 1. The lowest BCUT2D eigenvalue weighted by Crippen LogP contribution is -2.36. The number of ether oxygens (including phenoxy) is 2. The van der Waals surface area contributed by atoms with E-state index in [1.54, 1.807) is 30.3 Å². The van der Waals surface area contributed by atoms with Gasteiger partial charge < -0.3 is 14.8 Å². The summed E-state index contributed by atoms with van der Waals surface area (Å²) in [5.74, 6) is 0.0103. The van der Waals surface area contributed by atoms with Gasteiger partial charge in [-0.3, -0.25) is 19.3 Å². The molecule has 190 valence electrons. The minimum absolute atomic E-state index is 0.219. The van der Waals surface area contributed by atoms with Gasteiger partial charge in [-0.15, -0.1) is 0 Å². The minimum Gasteiger partial charge on any atom is -0.493 e. The van der Waals surface area contributed by atoms with E-state index >= 15 is 0 Å². The number of nitrogens with zero attached hydrogens (tertiary/aromatic N) is 1. The van der Waals surface area contributed by atoms with Crippen LogP contribution in [0.2, 0.25) is 5.02 Å². The second kappa shape index (κ2) is 11.5. The van der Waals surface area contributed by atoms with Crippen molar-refractivity contribution in [2.75, 3.05) is 19.0 Å². The first kappa shape index (κ1) is 26.3. The molecular formula is C28H25ClN2O5S. The maximum Gasteiger partial charge on any atom is 0.294 e. The fraction of sp³-hybridized carbons (Fsp3) is 0.179. The van der Waals surface area contributed by atoms with Gasteiger partial charge in [0.05, 0.1) is 12.0 Å². The molecule has 0 bridgehead atoms. The molecule has 0 radical (unpaired) electrons. The number of methoxy groups -OCH3 is 1. The molecule has 7 nitrogen and oxygen atoms in total. The van der Waals surface area contributed by atoms with Crippen molar-refractivity contribution in [3.8, 4) is 11.5 Å². The van der Waals surface area contributed by atoms with Crippen LogP contribution in [0, 0.1) is 13.8 Å². The standard InChI is InChI=1S/C28H25ClN2O5S/c1-17-7-6-8-18(2)26(17)30-25(32)15-31-27(33)24(37-28(31)34)14-19-11-12-22(23(13-19)35-3)36-16-20-9-4-5-10-21(20)29/h4-14H,15-16H2,1-3H3,(H,30,32)/b24-14+. The third-order valence-electron chi connectivity index (χ3n) is 5.75. The maximum absolute atomic E-state index is 12.9. The zero-order chi connectivity index (χ0) is 26.5. The Morgan fingerprint density at radius 2 is 1.76 bits per heavy atom. The quantitative estimate of drug-likeness (QED) is 0.344.